The van der Waals surface area contributed by atoms with Gasteiger partial charge in [-0.1, -0.05) is 6.92 Å². The van der Waals surface area contributed by atoms with Crippen LogP contribution in [0.15, 0.2) is 12.3 Å². The number of rotatable bonds is 0. The summed E-state index contributed by atoms with van der Waals surface area (Å²) in [6, 6.07) is 2.55. The van der Waals surface area contributed by atoms with E-state index in [1.54, 1.807) is 0 Å². The van der Waals surface area contributed by atoms with Crippen molar-refractivity contribution in [3.63, 3.8) is 0 Å². The molecule has 0 saturated heterocycles. The Morgan fingerprint density at radius 1 is 1.31 bits per heavy atom. The summed E-state index contributed by atoms with van der Waals surface area (Å²) >= 11 is 5.96. The van der Waals surface area contributed by atoms with E-state index in [4.69, 9.17) is 11.6 Å². The fourth-order valence-corrected chi connectivity index (χ4v) is 2.73. The highest BCUT2D eigenvalue weighted by Crippen LogP contribution is 2.35. The summed E-state index contributed by atoms with van der Waals surface area (Å²) < 4.78 is 2.28. The van der Waals surface area contributed by atoms with Crippen molar-refractivity contribution in [1.82, 2.24) is 14.5 Å². The number of nitrogens with zero attached hydrogens (tertiary/aromatic N) is 3. The van der Waals surface area contributed by atoms with Crippen LogP contribution in [0.25, 0.3) is 11.0 Å². The second-order valence-corrected chi connectivity index (χ2v) is 5.00. The molecule has 0 N–H and O–H groups in total. The van der Waals surface area contributed by atoms with Gasteiger partial charge in [0.1, 0.15) is 0 Å². The van der Waals surface area contributed by atoms with E-state index in [1.165, 1.54) is 11.9 Å². The van der Waals surface area contributed by atoms with Gasteiger partial charge in [0, 0.05) is 18.2 Å². The van der Waals surface area contributed by atoms with Gasteiger partial charge in [0.05, 0.1) is 16.7 Å². The Labute approximate surface area is 99.5 Å². The third-order valence-corrected chi connectivity index (χ3v) is 3.69. The first kappa shape index (κ1) is 10.1. The van der Waals surface area contributed by atoms with E-state index in [9.17, 15) is 0 Å². The van der Waals surface area contributed by atoms with Crippen molar-refractivity contribution in [1.29, 1.82) is 0 Å². The molecule has 0 radical (unpaired) electrons. The van der Waals surface area contributed by atoms with Crippen LogP contribution >= 0.6 is 11.6 Å². The summed E-state index contributed by atoms with van der Waals surface area (Å²) in [6.07, 6.45) is 4.44. The third-order valence-electron chi connectivity index (χ3n) is 3.52. The van der Waals surface area contributed by atoms with E-state index in [0.29, 0.717) is 17.2 Å². The maximum atomic E-state index is 5.96. The molecule has 0 bridgehead atoms. The van der Waals surface area contributed by atoms with Crippen molar-refractivity contribution in [2.45, 2.75) is 38.6 Å². The molecule has 0 saturated carbocycles. The Morgan fingerprint density at radius 2 is 2.12 bits per heavy atom. The zero-order valence-electron chi connectivity index (χ0n) is 9.44. The fourth-order valence-electron chi connectivity index (χ4n) is 2.54. The van der Waals surface area contributed by atoms with Crippen molar-refractivity contribution in [2.75, 3.05) is 0 Å². The van der Waals surface area contributed by atoms with Crippen LogP contribution < -0.4 is 0 Å². The van der Waals surface area contributed by atoms with E-state index in [2.05, 4.69) is 34.6 Å². The highest BCUT2D eigenvalue weighted by atomic mass is 35.5. The zero-order chi connectivity index (χ0) is 11.3. The van der Waals surface area contributed by atoms with Gasteiger partial charge in [-0.15, -0.1) is 0 Å². The SMILES string of the molecule is CC1CC[C@H](C)n2ccc3nc(Cl)nc1c32. The summed E-state index contributed by atoms with van der Waals surface area (Å²) in [5.74, 6) is 0.460. The minimum Gasteiger partial charge on any atom is -0.342 e. The molecule has 3 heterocycles. The van der Waals surface area contributed by atoms with Gasteiger partial charge in [-0.2, -0.15) is 0 Å². The normalized spacial score (nSPS) is 24.7. The predicted molar refractivity (Wildman–Crippen MR) is 64.9 cm³/mol. The Balaban J connectivity index is 2.39. The highest BCUT2D eigenvalue weighted by molar-refractivity contribution is 6.28. The molecule has 0 aromatic carbocycles. The molecule has 1 aliphatic rings. The molecule has 0 spiro atoms. The van der Waals surface area contributed by atoms with Crippen molar-refractivity contribution in [3.05, 3.63) is 23.2 Å². The molecule has 0 fully saturated rings. The van der Waals surface area contributed by atoms with E-state index in [-0.39, 0.29) is 0 Å². The van der Waals surface area contributed by atoms with Crippen LogP contribution in [0.1, 0.15) is 44.3 Å². The average molecular weight is 236 g/mol. The van der Waals surface area contributed by atoms with Gasteiger partial charge in [0.15, 0.2) is 0 Å². The van der Waals surface area contributed by atoms with Gasteiger partial charge in [0.25, 0.3) is 0 Å². The minimum absolute atomic E-state index is 0.363. The van der Waals surface area contributed by atoms with Gasteiger partial charge in [0.2, 0.25) is 5.28 Å². The van der Waals surface area contributed by atoms with Crippen LogP contribution in [0, 0.1) is 0 Å². The van der Waals surface area contributed by atoms with Crippen LogP contribution in [0.3, 0.4) is 0 Å². The number of hydrogen-bond acceptors (Lipinski definition) is 2. The average Bonchev–Trinajstić information content (AvgIpc) is 2.62. The standard InChI is InChI=1S/C12H14ClN3/c1-7-3-4-8(2)16-6-5-9-11(16)10(7)15-12(13)14-9/h5-8H,3-4H2,1-2H3/t7?,8-/m0/s1. The minimum atomic E-state index is 0.363. The Kier molecular flexibility index (Phi) is 2.18. The summed E-state index contributed by atoms with van der Waals surface area (Å²) in [7, 11) is 0. The predicted octanol–water partition coefficient (Wildman–Crippen LogP) is 3.54. The smallest absolute Gasteiger partial charge is 0.223 e. The van der Waals surface area contributed by atoms with E-state index in [1.807, 2.05) is 6.07 Å². The second-order valence-electron chi connectivity index (χ2n) is 4.66. The zero-order valence-corrected chi connectivity index (χ0v) is 10.2. The highest BCUT2D eigenvalue weighted by Gasteiger charge is 2.23. The van der Waals surface area contributed by atoms with Gasteiger partial charge in [-0.05, 0) is 37.4 Å². The van der Waals surface area contributed by atoms with Gasteiger partial charge < -0.3 is 4.57 Å². The van der Waals surface area contributed by atoms with Crippen LogP contribution in [0.2, 0.25) is 5.28 Å². The summed E-state index contributed by atoms with van der Waals surface area (Å²) in [5.41, 5.74) is 3.24. The van der Waals surface area contributed by atoms with Gasteiger partial charge in [-0.3, -0.25) is 0 Å². The number of aromatic nitrogens is 3. The molecule has 2 aromatic rings. The Hall–Kier alpha value is -1.09. The first-order valence-electron chi connectivity index (χ1n) is 5.71. The van der Waals surface area contributed by atoms with E-state index < -0.39 is 0 Å². The van der Waals surface area contributed by atoms with Crippen LogP contribution in [0.4, 0.5) is 0 Å². The first-order valence-corrected chi connectivity index (χ1v) is 6.08. The van der Waals surface area contributed by atoms with Crippen molar-refractivity contribution in [3.8, 4) is 0 Å². The molecule has 84 valence electrons. The lowest BCUT2D eigenvalue weighted by Gasteiger charge is -2.11. The molecule has 3 rings (SSSR count). The van der Waals surface area contributed by atoms with Crippen molar-refractivity contribution in [2.24, 2.45) is 0 Å². The Morgan fingerprint density at radius 3 is 2.94 bits per heavy atom. The van der Waals surface area contributed by atoms with Gasteiger partial charge in [-0.25, -0.2) is 9.97 Å². The van der Waals surface area contributed by atoms with E-state index >= 15 is 0 Å². The quantitative estimate of drug-likeness (QED) is 0.654. The molecule has 2 aromatic heterocycles. The van der Waals surface area contributed by atoms with E-state index in [0.717, 1.165) is 17.6 Å². The molecule has 0 amide bonds. The lowest BCUT2D eigenvalue weighted by atomic mass is 10.0. The van der Waals surface area contributed by atoms with Crippen molar-refractivity contribution < 1.29 is 0 Å². The summed E-state index contributed by atoms with van der Waals surface area (Å²) in [6.45, 7) is 4.46. The molecule has 1 unspecified atom stereocenters. The maximum absolute atomic E-state index is 5.96. The lowest BCUT2D eigenvalue weighted by Crippen LogP contribution is -2.02. The number of halogens is 1. The molecular formula is C12H14ClN3. The fraction of sp³-hybridized carbons (Fsp3) is 0.500. The molecule has 16 heavy (non-hydrogen) atoms. The maximum Gasteiger partial charge on any atom is 0.223 e. The third kappa shape index (κ3) is 1.34. The molecule has 1 aliphatic heterocycles. The van der Waals surface area contributed by atoms with Crippen molar-refractivity contribution >= 4 is 22.6 Å². The largest absolute Gasteiger partial charge is 0.342 e. The summed E-state index contributed by atoms with van der Waals surface area (Å²) in [5, 5.41) is 0.363. The molecule has 0 aliphatic carbocycles. The molecule has 2 atom stereocenters. The van der Waals surface area contributed by atoms with Crippen LogP contribution in [-0.4, -0.2) is 14.5 Å². The summed E-state index contributed by atoms with van der Waals surface area (Å²) in [4.78, 5) is 8.70. The molecule has 4 heteroatoms. The van der Waals surface area contributed by atoms with Crippen LogP contribution in [-0.2, 0) is 0 Å². The monoisotopic (exact) mass is 235 g/mol. The molecular weight excluding hydrogens is 222 g/mol. The Bertz CT molecular complexity index is 546. The lowest BCUT2D eigenvalue weighted by molar-refractivity contribution is 0.493. The second kappa shape index (κ2) is 3.45. The van der Waals surface area contributed by atoms with Gasteiger partial charge >= 0.3 is 0 Å². The van der Waals surface area contributed by atoms with Crippen LogP contribution in [0.5, 0.6) is 0 Å². The first-order chi connectivity index (χ1) is 7.66. The topological polar surface area (TPSA) is 30.7 Å². The molecule has 3 nitrogen and oxygen atoms in total. The number of hydrogen-bond donors (Lipinski definition) is 0.